The van der Waals surface area contributed by atoms with Crippen LogP contribution in [0.5, 0.6) is 5.75 Å². The first-order valence-corrected chi connectivity index (χ1v) is 5.33. The topological polar surface area (TPSA) is 44.5 Å². The molecule has 0 aromatic heterocycles. The van der Waals surface area contributed by atoms with E-state index in [1.165, 1.54) is 10.8 Å². The molecule has 16 heavy (non-hydrogen) atoms. The van der Waals surface area contributed by atoms with Crippen molar-refractivity contribution >= 4 is 10.8 Å². The number of hydrogen-bond acceptors (Lipinski definition) is 3. The zero-order chi connectivity index (χ0) is 11.2. The van der Waals surface area contributed by atoms with Gasteiger partial charge in [0.1, 0.15) is 5.75 Å². The van der Waals surface area contributed by atoms with Gasteiger partial charge in [-0.3, -0.25) is 0 Å². The minimum atomic E-state index is 0.521. The van der Waals surface area contributed by atoms with E-state index in [0.717, 1.165) is 12.2 Å². The lowest BCUT2D eigenvalue weighted by molar-refractivity contribution is 0.122. The zero-order valence-electron chi connectivity index (χ0n) is 9.06. The predicted octanol–water partition coefficient (Wildman–Crippen LogP) is 2.50. The summed E-state index contributed by atoms with van der Waals surface area (Å²) < 4.78 is 5.58. The van der Waals surface area contributed by atoms with E-state index in [4.69, 9.17) is 10.6 Å². The molecule has 0 saturated carbocycles. The molecule has 0 spiro atoms. The maximum absolute atomic E-state index is 5.58. The van der Waals surface area contributed by atoms with Crippen LogP contribution in [0.25, 0.3) is 10.8 Å². The molecule has 84 valence electrons. The molecule has 3 heteroatoms. The highest BCUT2D eigenvalue weighted by atomic mass is 16.6. The summed E-state index contributed by atoms with van der Waals surface area (Å²) >= 11 is 0. The maximum Gasteiger partial charge on any atom is 0.119 e. The Hall–Kier alpha value is -1.58. The van der Waals surface area contributed by atoms with Crippen LogP contribution < -0.4 is 10.6 Å². The van der Waals surface area contributed by atoms with E-state index in [-0.39, 0.29) is 0 Å². The molecular weight excluding hydrogens is 202 g/mol. The largest absolute Gasteiger partial charge is 0.493 e. The number of ether oxygens (including phenoxy) is 1. The second-order valence-electron chi connectivity index (χ2n) is 3.58. The highest BCUT2D eigenvalue weighted by Crippen LogP contribution is 2.20. The van der Waals surface area contributed by atoms with Gasteiger partial charge in [-0.1, -0.05) is 30.3 Å². The highest BCUT2D eigenvalue weighted by Gasteiger charge is 1.96. The molecule has 0 heterocycles. The predicted molar refractivity (Wildman–Crippen MR) is 64.2 cm³/mol. The lowest BCUT2D eigenvalue weighted by Gasteiger charge is -2.06. The third-order valence-corrected chi connectivity index (χ3v) is 2.40. The number of benzene rings is 2. The van der Waals surface area contributed by atoms with E-state index in [1.807, 2.05) is 24.3 Å². The van der Waals surface area contributed by atoms with Crippen LogP contribution in [0, 0.1) is 0 Å². The van der Waals surface area contributed by atoms with E-state index in [0.29, 0.717) is 13.2 Å². The molecule has 3 nitrogen and oxygen atoms in total. The fourth-order valence-corrected chi connectivity index (χ4v) is 1.59. The van der Waals surface area contributed by atoms with Crippen LogP contribution in [-0.4, -0.2) is 13.2 Å². The van der Waals surface area contributed by atoms with Gasteiger partial charge in [0.15, 0.2) is 0 Å². The summed E-state index contributed by atoms with van der Waals surface area (Å²) in [6.07, 6.45) is 0.795. The van der Waals surface area contributed by atoms with Gasteiger partial charge in [0.25, 0.3) is 0 Å². The second kappa shape index (κ2) is 5.49. The van der Waals surface area contributed by atoms with Gasteiger partial charge in [0, 0.05) is 6.42 Å². The Morgan fingerprint density at radius 1 is 0.938 bits per heavy atom. The molecule has 2 N–H and O–H groups in total. The van der Waals surface area contributed by atoms with Crippen molar-refractivity contribution in [3.8, 4) is 5.75 Å². The highest BCUT2D eigenvalue weighted by molar-refractivity contribution is 5.83. The van der Waals surface area contributed by atoms with Crippen molar-refractivity contribution in [3.63, 3.8) is 0 Å². The van der Waals surface area contributed by atoms with Gasteiger partial charge < -0.3 is 9.57 Å². The molecular formula is C13H15NO2. The van der Waals surface area contributed by atoms with Crippen LogP contribution in [0.1, 0.15) is 6.42 Å². The first kappa shape index (κ1) is 10.9. The summed E-state index contributed by atoms with van der Waals surface area (Å²) in [6, 6.07) is 14.3. The summed E-state index contributed by atoms with van der Waals surface area (Å²) in [5, 5.41) is 2.41. The van der Waals surface area contributed by atoms with E-state index < -0.39 is 0 Å². The van der Waals surface area contributed by atoms with Crippen molar-refractivity contribution in [2.75, 3.05) is 13.2 Å². The van der Waals surface area contributed by atoms with Gasteiger partial charge in [-0.2, -0.15) is 0 Å². The van der Waals surface area contributed by atoms with E-state index in [1.54, 1.807) is 0 Å². The Morgan fingerprint density at radius 2 is 1.75 bits per heavy atom. The van der Waals surface area contributed by atoms with Crippen molar-refractivity contribution in [2.45, 2.75) is 6.42 Å². The SMILES string of the molecule is NOCCCOc1ccc2ccccc2c1. The molecule has 2 aromatic rings. The first-order chi connectivity index (χ1) is 7.90. The lowest BCUT2D eigenvalue weighted by Crippen LogP contribution is -2.06. The van der Waals surface area contributed by atoms with Gasteiger partial charge in [-0.05, 0) is 22.9 Å². The van der Waals surface area contributed by atoms with Gasteiger partial charge in [0.2, 0.25) is 0 Å². The molecule has 0 aliphatic carbocycles. The molecule has 0 aliphatic rings. The van der Waals surface area contributed by atoms with E-state index in [2.05, 4.69) is 23.0 Å². The Morgan fingerprint density at radius 3 is 2.56 bits per heavy atom. The van der Waals surface area contributed by atoms with Gasteiger partial charge in [-0.15, -0.1) is 0 Å². The van der Waals surface area contributed by atoms with E-state index in [9.17, 15) is 0 Å². The van der Waals surface area contributed by atoms with Crippen LogP contribution >= 0.6 is 0 Å². The van der Waals surface area contributed by atoms with Crippen molar-refractivity contribution in [3.05, 3.63) is 42.5 Å². The van der Waals surface area contributed by atoms with Crippen molar-refractivity contribution in [1.82, 2.24) is 0 Å². The average Bonchev–Trinajstić information content (AvgIpc) is 2.34. The zero-order valence-corrected chi connectivity index (χ0v) is 9.06. The Bertz CT molecular complexity index is 456. The molecule has 2 aromatic carbocycles. The monoisotopic (exact) mass is 217 g/mol. The number of fused-ring (bicyclic) bond motifs is 1. The summed E-state index contributed by atoms with van der Waals surface area (Å²) in [5.74, 6) is 5.81. The molecule has 0 amide bonds. The Kier molecular flexibility index (Phi) is 3.75. The summed E-state index contributed by atoms with van der Waals surface area (Å²) in [6.45, 7) is 1.14. The van der Waals surface area contributed by atoms with Gasteiger partial charge >= 0.3 is 0 Å². The number of hydrogen-bond donors (Lipinski definition) is 1. The first-order valence-electron chi connectivity index (χ1n) is 5.33. The fraction of sp³-hybridized carbons (Fsp3) is 0.231. The number of rotatable bonds is 5. The average molecular weight is 217 g/mol. The van der Waals surface area contributed by atoms with Crippen LogP contribution in [0.2, 0.25) is 0 Å². The van der Waals surface area contributed by atoms with Crippen molar-refractivity contribution in [2.24, 2.45) is 5.90 Å². The molecule has 0 radical (unpaired) electrons. The van der Waals surface area contributed by atoms with Crippen molar-refractivity contribution < 1.29 is 9.57 Å². The van der Waals surface area contributed by atoms with Crippen LogP contribution in [0.4, 0.5) is 0 Å². The van der Waals surface area contributed by atoms with Crippen LogP contribution in [0.15, 0.2) is 42.5 Å². The Balaban J connectivity index is 2.02. The quantitative estimate of drug-likeness (QED) is 0.618. The molecule has 0 aliphatic heterocycles. The summed E-state index contributed by atoms with van der Waals surface area (Å²) in [5.41, 5.74) is 0. The van der Waals surface area contributed by atoms with Crippen molar-refractivity contribution in [1.29, 1.82) is 0 Å². The molecule has 0 bridgehead atoms. The van der Waals surface area contributed by atoms with Crippen LogP contribution in [-0.2, 0) is 4.84 Å². The molecule has 2 rings (SSSR count). The minimum absolute atomic E-state index is 0.521. The standard InChI is InChI=1S/C13H15NO2/c14-16-9-3-8-15-13-7-6-11-4-1-2-5-12(11)10-13/h1-2,4-7,10H,3,8-9,14H2. The van der Waals surface area contributed by atoms with Gasteiger partial charge in [-0.25, -0.2) is 5.90 Å². The maximum atomic E-state index is 5.58. The Labute approximate surface area is 94.7 Å². The fourth-order valence-electron chi connectivity index (χ4n) is 1.59. The molecule has 0 saturated heterocycles. The van der Waals surface area contributed by atoms with E-state index >= 15 is 0 Å². The lowest BCUT2D eigenvalue weighted by atomic mass is 10.1. The van der Waals surface area contributed by atoms with Crippen LogP contribution in [0.3, 0.4) is 0 Å². The third kappa shape index (κ3) is 2.72. The minimum Gasteiger partial charge on any atom is -0.493 e. The molecule has 0 unspecified atom stereocenters. The number of nitrogens with two attached hydrogens (primary N) is 1. The van der Waals surface area contributed by atoms with Gasteiger partial charge in [0.05, 0.1) is 13.2 Å². The summed E-state index contributed by atoms with van der Waals surface area (Å²) in [4.78, 5) is 4.47. The summed E-state index contributed by atoms with van der Waals surface area (Å²) in [7, 11) is 0. The smallest absolute Gasteiger partial charge is 0.119 e. The normalized spacial score (nSPS) is 10.6. The molecule has 0 fully saturated rings. The second-order valence-corrected chi connectivity index (χ2v) is 3.58. The third-order valence-electron chi connectivity index (χ3n) is 2.40. The molecule has 0 atom stereocenters.